The third-order valence-corrected chi connectivity index (χ3v) is 3.01. The minimum atomic E-state index is -0.268. The summed E-state index contributed by atoms with van der Waals surface area (Å²) in [4.78, 5) is 24.2. The quantitative estimate of drug-likeness (QED) is 0.801. The zero-order valence-electron chi connectivity index (χ0n) is 9.85. The average molecular weight is 232 g/mol. The molecule has 1 aromatic rings. The van der Waals surface area contributed by atoms with Crippen LogP contribution in [0.4, 0.5) is 4.79 Å². The first-order valence-corrected chi connectivity index (χ1v) is 5.82. The van der Waals surface area contributed by atoms with Crippen LogP contribution in [0, 0.1) is 0 Å². The van der Waals surface area contributed by atoms with Gasteiger partial charge in [0.2, 0.25) is 5.91 Å². The number of amides is 3. The second kappa shape index (κ2) is 4.99. The molecule has 0 aliphatic carbocycles. The second-order valence-corrected chi connectivity index (χ2v) is 4.30. The van der Waals surface area contributed by atoms with Gasteiger partial charge in [0.1, 0.15) is 0 Å². The number of aryl methyl sites for hydroxylation is 1. The van der Waals surface area contributed by atoms with Crippen LogP contribution in [-0.2, 0) is 11.2 Å². The smallest absolute Gasteiger partial charge is 0.324 e. The van der Waals surface area contributed by atoms with Gasteiger partial charge in [0.25, 0.3) is 0 Å². The lowest BCUT2D eigenvalue weighted by Gasteiger charge is -2.21. The maximum Gasteiger partial charge on any atom is 0.324 e. The van der Waals surface area contributed by atoms with Crippen molar-refractivity contribution < 1.29 is 9.59 Å². The normalized spacial score (nSPS) is 17.1. The Morgan fingerprint density at radius 3 is 2.59 bits per heavy atom. The first kappa shape index (κ1) is 11.6. The van der Waals surface area contributed by atoms with Crippen LogP contribution in [0.1, 0.15) is 18.9 Å². The number of nitrogens with zero attached hydrogens (tertiary/aromatic N) is 1. The number of urea groups is 1. The van der Waals surface area contributed by atoms with Gasteiger partial charge in [-0.15, -0.1) is 0 Å². The topological polar surface area (TPSA) is 49.4 Å². The van der Waals surface area contributed by atoms with E-state index in [4.69, 9.17) is 0 Å². The summed E-state index contributed by atoms with van der Waals surface area (Å²) in [5.41, 5.74) is 1.23. The van der Waals surface area contributed by atoms with Gasteiger partial charge in [-0.3, -0.25) is 9.69 Å². The lowest BCUT2D eigenvalue weighted by molar-refractivity contribution is -0.126. The summed E-state index contributed by atoms with van der Waals surface area (Å²) in [6.45, 7) is 2.04. The highest BCUT2D eigenvalue weighted by Gasteiger charge is 2.32. The van der Waals surface area contributed by atoms with Crippen LogP contribution in [-0.4, -0.2) is 29.4 Å². The number of rotatable bonds is 4. The van der Waals surface area contributed by atoms with Crippen molar-refractivity contribution in [3.63, 3.8) is 0 Å². The fourth-order valence-electron chi connectivity index (χ4n) is 2.03. The second-order valence-electron chi connectivity index (χ2n) is 4.30. The van der Waals surface area contributed by atoms with Gasteiger partial charge in [-0.25, -0.2) is 4.79 Å². The highest BCUT2D eigenvalue weighted by Crippen LogP contribution is 2.12. The lowest BCUT2D eigenvalue weighted by Crippen LogP contribution is -2.39. The molecule has 1 aliphatic heterocycles. The number of imide groups is 1. The van der Waals surface area contributed by atoms with E-state index in [2.05, 4.69) is 17.4 Å². The monoisotopic (exact) mass is 232 g/mol. The number of carbonyl (C=O) groups is 2. The van der Waals surface area contributed by atoms with Crippen molar-refractivity contribution >= 4 is 11.9 Å². The fraction of sp³-hybridized carbons (Fsp3) is 0.385. The Hall–Kier alpha value is -1.84. The van der Waals surface area contributed by atoms with Crippen molar-refractivity contribution in [3.05, 3.63) is 35.9 Å². The predicted molar refractivity (Wildman–Crippen MR) is 64.5 cm³/mol. The van der Waals surface area contributed by atoms with Crippen LogP contribution in [0.15, 0.2) is 30.3 Å². The Kier molecular flexibility index (Phi) is 3.42. The molecule has 1 atom stereocenters. The maximum absolute atomic E-state index is 11.5. The third-order valence-electron chi connectivity index (χ3n) is 3.01. The Balaban J connectivity index is 1.91. The summed E-state index contributed by atoms with van der Waals surface area (Å²) in [6.07, 6.45) is 1.67. The van der Waals surface area contributed by atoms with Crippen LogP contribution in [0.5, 0.6) is 0 Å². The first-order valence-electron chi connectivity index (χ1n) is 5.82. The minimum absolute atomic E-state index is 0.0507. The molecule has 1 heterocycles. The van der Waals surface area contributed by atoms with E-state index in [1.165, 1.54) is 10.5 Å². The molecule has 3 amide bonds. The van der Waals surface area contributed by atoms with Gasteiger partial charge in [-0.05, 0) is 25.3 Å². The summed E-state index contributed by atoms with van der Waals surface area (Å²) in [6, 6.07) is 9.75. The van der Waals surface area contributed by atoms with Crippen LogP contribution >= 0.6 is 0 Å². The fourth-order valence-corrected chi connectivity index (χ4v) is 2.03. The molecule has 0 spiro atoms. The Bertz CT molecular complexity index is 401. The molecule has 1 saturated heterocycles. The lowest BCUT2D eigenvalue weighted by atomic mass is 10.1. The molecule has 1 fully saturated rings. The SMILES string of the molecule is CC(CCc1ccccc1)N1C(=O)CNC1=O. The van der Waals surface area contributed by atoms with Gasteiger partial charge < -0.3 is 5.32 Å². The van der Waals surface area contributed by atoms with Crippen molar-refractivity contribution in [2.45, 2.75) is 25.8 Å². The standard InChI is InChI=1S/C13H16N2O2/c1-10(15-12(16)9-14-13(15)17)7-8-11-5-3-2-4-6-11/h2-6,10H,7-9H2,1H3,(H,14,17). The van der Waals surface area contributed by atoms with E-state index in [1.54, 1.807) is 0 Å². The average Bonchev–Trinajstić information content (AvgIpc) is 2.67. The zero-order valence-corrected chi connectivity index (χ0v) is 9.85. The van der Waals surface area contributed by atoms with Gasteiger partial charge in [0.15, 0.2) is 0 Å². The molecule has 17 heavy (non-hydrogen) atoms. The number of hydrogen-bond acceptors (Lipinski definition) is 2. The van der Waals surface area contributed by atoms with Crippen molar-refractivity contribution in [3.8, 4) is 0 Å². The molecule has 4 heteroatoms. The van der Waals surface area contributed by atoms with Crippen molar-refractivity contribution in [1.29, 1.82) is 0 Å². The van der Waals surface area contributed by atoms with E-state index in [0.29, 0.717) is 0 Å². The van der Waals surface area contributed by atoms with Crippen LogP contribution in [0.3, 0.4) is 0 Å². The first-order chi connectivity index (χ1) is 8.18. The van der Waals surface area contributed by atoms with Gasteiger partial charge in [0.05, 0.1) is 6.54 Å². The van der Waals surface area contributed by atoms with Gasteiger partial charge in [-0.2, -0.15) is 0 Å². The maximum atomic E-state index is 11.5. The largest absolute Gasteiger partial charge is 0.329 e. The Morgan fingerprint density at radius 1 is 1.29 bits per heavy atom. The molecule has 1 aliphatic rings. The molecule has 90 valence electrons. The molecular formula is C13H16N2O2. The summed E-state index contributed by atoms with van der Waals surface area (Å²) in [5, 5.41) is 2.54. The highest BCUT2D eigenvalue weighted by molar-refractivity contribution is 6.02. The minimum Gasteiger partial charge on any atom is -0.329 e. The molecule has 0 saturated carbocycles. The molecular weight excluding hydrogens is 216 g/mol. The van der Waals surface area contributed by atoms with E-state index in [0.717, 1.165) is 12.8 Å². The molecule has 2 rings (SSSR count). The summed E-state index contributed by atoms with van der Waals surface area (Å²) in [7, 11) is 0. The Labute approximate surface area is 101 Å². The molecule has 0 bridgehead atoms. The molecule has 4 nitrogen and oxygen atoms in total. The van der Waals surface area contributed by atoms with Crippen molar-refractivity contribution in [1.82, 2.24) is 10.2 Å². The summed E-state index contributed by atoms with van der Waals surface area (Å²) < 4.78 is 0. The van der Waals surface area contributed by atoms with Crippen LogP contribution in [0.2, 0.25) is 0 Å². The highest BCUT2D eigenvalue weighted by atomic mass is 16.2. The van der Waals surface area contributed by atoms with E-state index in [-0.39, 0.29) is 24.5 Å². The van der Waals surface area contributed by atoms with E-state index in [9.17, 15) is 9.59 Å². The van der Waals surface area contributed by atoms with Gasteiger partial charge in [0, 0.05) is 6.04 Å². The molecule has 1 aromatic carbocycles. The van der Waals surface area contributed by atoms with E-state index in [1.807, 2.05) is 25.1 Å². The Morgan fingerprint density at radius 2 is 2.00 bits per heavy atom. The number of carbonyl (C=O) groups excluding carboxylic acids is 2. The number of benzene rings is 1. The molecule has 0 aromatic heterocycles. The van der Waals surface area contributed by atoms with Gasteiger partial charge in [-0.1, -0.05) is 30.3 Å². The number of nitrogens with one attached hydrogen (secondary N) is 1. The predicted octanol–water partition coefficient (Wildman–Crippen LogP) is 1.56. The van der Waals surface area contributed by atoms with Crippen molar-refractivity contribution in [2.24, 2.45) is 0 Å². The van der Waals surface area contributed by atoms with Crippen molar-refractivity contribution in [2.75, 3.05) is 6.54 Å². The number of hydrogen-bond donors (Lipinski definition) is 1. The molecule has 1 N–H and O–H groups in total. The summed E-state index contributed by atoms with van der Waals surface area (Å²) in [5.74, 6) is -0.129. The summed E-state index contributed by atoms with van der Waals surface area (Å²) >= 11 is 0. The van der Waals surface area contributed by atoms with Crippen LogP contribution < -0.4 is 5.32 Å². The van der Waals surface area contributed by atoms with Crippen LogP contribution in [0.25, 0.3) is 0 Å². The zero-order chi connectivity index (χ0) is 12.3. The van der Waals surface area contributed by atoms with E-state index >= 15 is 0 Å². The third kappa shape index (κ3) is 2.64. The molecule has 1 unspecified atom stereocenters. The van der Waals surface area contributed by atoms with Gasteiger partial charge >= 0.3 is 6.03 Å². The van der Waals surface area contributed by atoms with E-state index < -0.39 is 0 Å². The molecule has 0 radical (unpaired) electrons.